The minimum Gasteiger partial charge on any atom is -0.497 e. The first-order valence-electron chi connectivity index (χ1n) is 6.86. The third-order valence-corrected chi connectivity index (χ3v) is 3.12. The molecular weight excluding hydrogens is 250 g/mol. The molecule has 0 fully saturated rings. The lowest BCUT2D eigenvalue weighted by Gasteiger charge is -2.12. The van der Waals surface area contributed by atoms with Crippen molar-refractivity contribution in [2.24, 2.45) is 0 Å². The van der Waals surface area contributed by atoms with Crippen molar-refractivity contribution in [3.63, 3.8) is 0 Å². The molecule has 2 rings (SSSR count). The Kier molecular flexibility index (Phi) is 5.44. The van der Waals surface area contributed by atoms with Crippen molar-refractivity contribution >= 4 is 5.69 Å². The normalized spacial score (nSPS) is 10.3. The van der Waals surface area contributed by atoms with Crippen molar-refractivity contribution in [1.82, 2.24) is 0 Å². The van der Waals surface area contributed by atoms with E-state index < -0.39 is 0 Å². The van der Waals surface area contributed by atoms with E-state index in [0.717, 1.165) is 24.6 Å². The van der Waals surface area contributed by atoms with Crippen LogP contribution in [-0.2, 0) is 17.9 Å². The molecule has 0 aliphatic rings. The second-order valence-electron chi connectivity index (χ2n) is 4.50. The second kappa shape index (κ2) is 7.56. The molecule has 3 nitrogen and oxygen atoms in total. The molecule has 0 aromatic heterocycles. The molecule has 20 heavy (non-hydrogen) atoms. The number of nitrogens with one attached hydrogen (secondary N) is 1. The summed E-state index contributed by atoms with van der Waals surface area (Å²) < 4.78 is 10.6. The summed E-state index contributed by atoms with van der Waals surface area (Å²) in [5, 5.41) is 3.46. The quantitative estimate of drug-likeness (QED) is 0.830. The number of hydrogen-bond acceptors (Lipinski definition) is 3. The van der Waals surface area contributed by atoms with E-state index in [-0.39, 0.29) is 0 Å². The van der Waals surface area contributed by atoms with Crippen molar-refractivity contribution in [2.45, 2.75) is 20.1 Å². The van der Waals surface area contributed by atoms with Gasteiger partial charge in [0.1, 0.15) is 5.75 Å². The summed E-state index contributed by atoms with van der Waals surface area (Å²) in [4.78, 5) is 0. The first-order chi connectivity index (χ1) is 9.83. The minimum atomic E-state index is 0.641. The van der Waals surface area contributed by atoms with Gasteiger partial charge < -0.3 is 14.8 Å². The van der Waals surface area contributed by atoms with Crippen LogP contribution in [0.5, 0.6) is 5.75 Å². The highest BCUT2D eigenvalue weighted by atomic mass is 16.5. The van der Waals surface area contributed by atoms with E-state index in [0.29, 0.717) is 6.61 Å². The molecule has 0 saturated heterocycles. The Morgan fingerprint density at radius 2 is 1.75 bits per heavy atom. The van der Waals surface area contributed by atoms with Gasteiger partial charge in [-0.25, -0.2) is 0 Å². The zero-order chi connectivity index (χ0) is 14.2. The number of rotatable bonds is 7. The van der Waals surface area contributed by atoms with Gasteiger partial charge in [-0.05, 0) is 30.7 Å². The largest absolute Gasteiger partial charge is 0.497 e. The van der Waals surface area contributed by atoms with Gasteiger partial charge in [0.2, 0.25) is 0 Å². The molecule has 0 amide bonds. The molecule has 0 bridgehead atoms. The third kappa shape index (κ3) is 4.00. The van der Waals surface area contributed by atoms with Crippen LogP contribution in [0.15, 0.2) is 48.5 Å². The molecule has 0 spiro atoms. The fourth-order valence-electron chi connectivity index (χ4n) is 1.97. The van der Waals surface area contributed by atoms with Crippen LogP contribution in [0.2, 0.25) is 0 Å². The van der Waals surface area contributed by atoms with Gasteiger partial charge in [-0.2, -0.15) is 0 Å². The summed E-state index contributed by atoms with van der Waals surface area (Å²) in [6.45, 7) is 4.16. The molecule has 2 aromatic rings. The zero-order valence-corrected chi connectivity index (χ0v) is 12.1. The molecule has 1 N–H and O–H groups in total. The lowest BCUT2D eigenvalue weighted by atomic mass is 10.1. The molecule has 2 aromatic carbocycles. The summed E-state index contributed by atoms with van der Waals surface area (Å²) in [6.07, 6.45) is 0. The molecule has 3 heteroatoms. The van der Waals surface area contributed by atoms with Gasteiger partial charge in [-0.3, -0.25) is 0 Å². The maximum Gasteiger partial charge on any atom is 0.118 e. The monoisotopic (exact) mass is 271 g/mol. The van der Waals surface area contributed by atoms with Crippen LogP contribution < -0.4 is 10.1 Å². The van der Waals surface area contributed by atoms with Crippen molar-refractivity contribution in [3.05, 3.63) is 59.7 Å². The van der Waals surface area contributed by atoms with Crippen LogP contribution in [0.1, 0.15) is 18.1 Å². The summed E-state index contributed by atoms with van der Waals surface area (Å²) in [5.41, 5.74) is 3.52. The Labute approximate surface area is 120 Å². The molecule has 0 radical (unpaired) electrons. The van der Waals surface area contributed by atoms with Gasteiger partial charge in [0.05, 0.1) is 13.7 Å². The molecule has 0 saturated carbocycles. The van der Waals surface area contributed by atoms with Crippen LogP contribution in [0.4, 0.5) is 5.69 Å². The summed E-state index contributed by atoms with van der Waals surface area (Å²) in [5.74, 6) is 0.880. The molecule has 0 heterocycles. The minimum absolute atomic E-state index is 0.641. The van der Waals surface area contributed by atoms with Crippen LogP contribution >= 0.6 is 0 Å². The fourth-order valence-corrected chi connectivity index (χ4v) is 1.97. The van der Waals surface area contributed by atoms with E-state index in [2.05, 4.69) is 29.6 Å². The maximum atomic E-state index is 5.49. The highest BCUT2D eigenvalue weighted by molar-refractivity contribution is 5.51. The lowest BCUT2D eigenvalue weighted by molar-refractivity contribution is 0.134. The number of para-hydroxylation sites is 1. The Balaban J connectivity index is 1.98. The van der Waals surface area contributed by atoms with E-state index >= 15 is 0 Å². The first-order valence-corrected chi connectivity index (χ1v) is 6.86. The van der Waals surface area contributed by atoms with Gasteiger partial charge in [-0.1, -0.05) is 30.3 Å². The van der Waals surface area contributed by atoms with E-state index in [1.165, 1.54) is 11.1 Å². The smallest absolute Gasteiger partial charge is 0.118 e. The molecule has 0 aliphatic heterocycles. The Morgan fingerprint density at radius 1 is 1.00 bits per heavy atom. The average molecular weight is 271 g/mol. The van der Waals surface area contributed by atoms with Crippen molar-refractivity contribution in [2.75, 3.05) is 19.0 Å². The average Bonchev–Trinajstić information content (AvgIpc) is 2.52. The van der Waals surface area contributed by atoms with Crippen LogP contribution in [-0.4, -0.2) is 13.7 Å². The van der Waals surface area contributed by atoms with Crippen molar-refractivity contribution in [3.8, 4) is 5.75 Å². The molecule has 0 atom stereocenters. The maximum absolute atomic E-state index is 5.49. The highest BCUT2D eigenvalue weighted by Gasteiger charge is 2.01. The highest BCUT2D eigenvalue weighted by Crippen LogP contribution is 2.18. The number of hydrogen-bond donors (Lipinski definition) is 1. The van der Waals surface area contributed by atoms with Crippen LogP contribution in [0.3, 0.4) is 0 Å². The van der Waals surface area contributed by atoms with Gasteiger partial charge in [0, 0.05) is 24.4 Å². The zero-order valence-electron chi connectivity index (χ0n) is 12.1. The van der Waals surface area contributed by atoms with Crippen LogP contribution in [0, 0.1) is 0 Å². The first kappa shape index (κ1) is 14.4. The third-order valence-electron chi connectivity index (χ3n) is 3.12. The van der Waals surface area contributed by atoms with Gasteiger partial charge >= 0.3 is 0 Å². The SMILES string of the molecule is CCOCc1ccccc1NCc1ccc(OC)cc1. The second-order valence-corrected chi connectivity index (χ2v) is 4.50. The number of anilines is 1. The molecule has 0 unspecified atom stereocenters. The topological polar surface area (TPSA) is 30.5 Å². The van der Waals surface area contributed by atoms with Crippen LogP contribution in [0.25, 0.3) is 0 Å². The number of ether oxygens (including phenoxy) is 2. The fraction of sp³-hybridized carbons (Fsp3) is 0.294. The summed E-state index contributed by atoms with van der Waals surface area (Å²) >= 11 is 0. The number of methoxy groups -OCH3 is 1. The van der Waals surface area contributed by atoms with E-state index in [4.69, 9.17) is 9.47 Å². The van der Waals surface area contributed by atoms with Gasteiger partial charge in [0.25, 0.3) is 0 Å². The lowest BCUT2D eigenvalue weighted by Crippen LogP contribution is -2.03. The standard InChI is InChI=1S/C17H21NO2/c1-3-20-13-15-6-4-5-7-17(15)18-12-14-8-10-16(19-2)11-9-14/h4-11,18H,3,12-13H2,1-2H3. The molecule has 0 aliphatic carbocycles. The van der Waals surface area contributed by atoms with Gasteiger partial charge in [-0.15, -0.1) is 0 Å². The van der Waals surface area contributed by atoms with E-state index in [9.17, 15) is 0 Å². The summed E-state index contributed by atoms with van der Waals surface area (Å²) in [6, 6.07) is 16.3. The molecular formula is C17H21NO2. The van der Waals surface area contributed by atoms with Crippen molar-refractivity contribution < 1.29 is 9.47 Å². The Hall–Kier alpha value is -2.00. The predicted molar refractivity (Wildman–Crippen MR) is 82.1 cm³/mol. The predicted octanol–water partition coefficient (Wildman–Crippen LogP) is 3.84. The van der Waals surface area contributed by atoms with E-state index in [1.807, 2.05) is 31.2 Å². The Bertz CT molecular complexity index is 523. The number of benzene rings is 2. The van der Waals surface area contributed by atoms with Gasteiger partial charge in [0.15, 0.2) is 0 Å². The van der Waals surface area contributed by atoms with E-state index in [1.54, 1.807) is 7.11 Å². The summed E-state index contributed by atoms with van der Waals surface area (Å²) in [7, 11) is 1.68. The van der Waals surface area contributed by atoms with Crippen molar-refractivity contribution in [1.29, 1.82) is 0 Å². The molecule has 106 valence electrons. The Morgan fingerprint density at radius 3 is 2.45 bits per heavy atom.